The molecule has 2 unspecified atom stereocenters. The fourth-order valence-corrected chi connectivity index (χ4v) is 3.90. The molecule has 0 saturated heterocycles. The first kappa shape index (κ1) is 13.9. The van der Waals surface area contributed by atoms with Gasteiger partial charge in [-0.3, -0.25) is 0 Å². The van der Waals surface area contributed by atoms with Crippen molar-refractivity contribution in [3.05, 3.63) is 45.1 Å². The van der Waals surface area contributed by atoms with Gasteiger partial charge in [-0.2, -0.15) is 0 Å². The fourth-order valence-electron chi connectivity index (χ4n) is 2.32. The summed E-state index contributed by atoms with van der Waals surface area (Å²) in [6, 6.07) is 10.1. The summed E-state index contributed by atoms with van der Waals surface area (Å²) < 4.78 is 13.0. The third kappa shape index (κ3) is 2.85. The molecule has 1 aliphatic rings. The monoisotopic (exact) mass is 353 g/mol. The number of rotatable bonds is 4. The van der Waals surface area contributed by atoms with Gasteiger partial charge < -0.3 is 14.8 Å². The van der Waals surface area contributed by atoms with Gasteiger partial charge in [0.15, 0.2) is 11.5 Å². The number of thiophene rings is 1. The first-order valence-electron chi connectivity index (χ1n) is 6.55. The second-order valence-corrected chi connectivity index (χ2v) is 6.56. The Balaban J connectivity index is 1.73. The van der Waals surface area contributed by atoms with Crippen molar-refractivity contribution in [2.45, 2.75) is 18.6 Å². The molecular formula is C15H16BrNO2S. The van der Waals surface area contributed by atoms with Crippen LogP contribution in [-0.2, 0) is 6.42 Å². The summed E-state index contributed by atoms with van der Waals surface area (Å²) >= 11 is 5.34. The van der Waals surface area contributed by atoms with Crippen LogP contribution < -0.4 is 14.8 Å². The largest absolute Gasteiger partial charge is 0.486 e. The van der Waals surface area contributed by atoms with E-state index in [1.807, 2.05) is 31.3 Å². The minimum atomic E-state index is 0.0175. The Kier molecular flexibility index (Phi) is 4.29. The summed E-state index contributed by atoms with van der Waals surface area (Å²) in [4.78, 5) is 1.33. The quantitative estimate of drug-likeness (QED) is 0.912. The molecule has 5 heteroatoms. The number of likely N-dealkylation sites (N-methyl/N-ethyl adjacent to an activating group) is 1. The maximum absolute atomic E-state index is 6.08. The fraction of sp³-hybridized carbons (Fsp3) is 0.333. The number of ether oxygens (including phenoxy) is 2. The first-order valence-corrected chi connectivity index (χ1v) is 8.23. The molecule has 0 radical (unpaired) electrons. The number of nitrogens with one attached hydrogen (secondary N) is 1. The van der Waals surface area contributed by atoms with Crippen LogP contribution in [0.15, 0.2) is 40.2 Å². The van der Waals surface area contributed by atoms with E-state index in [-0.39, 0.29) is 12.1 Å². The van der Waals surface area contributed by atoms with Gasteiger partial charge in [-0.1, -0.05) is 12.1 Å². The van der Waals surface area contributed by atoms with Gasteiger partial charge in [-0.05, 0) is 46.6 Å². The van der Waals surface area contributed by atoms with Crippen LogP contribution >= 0.6 is 27.3 Å². The van der Waals surface area contributed by atoms with E-state index in [2.05, 4.69) is 32.7 Å². The van der Waals surface area contributed by atoms with Gasteiger partial charge in [0.2, 0.25) is 0 Å². The summed E-state index contributed by atoms with van der Waals surface area (Å²) in [5, 5.41) is 5.45. The maximum Gasteiger partial charge on any atom is 0.161 e. The highest BCUT2D eigenvalue weighted by molar-refractivity contribution is 9.10. The molecule has 2 aromatic rings. The van der Waals surface area contributed by atoms with E-state index in [1.54, 1.807) is 11.3 Å². The second-order valence-electron chi connectivity index (χ2n) is 4.71. The van der Waals surface area contributed by atoms with Crippen LogP contribution in [0.3, 0.4) is 0 Å². The van der Waals surface area contributed by atoms with Crippen LogP contribution in [-0.4, -0.2) is 25.8 Å². The van der Waals surface area contributed by atoms with Crippen molar-refractivity contribution in [3.8, 4) is 11.5 Å². The third-order valence-corrected chi connectivity index (χ3v) is 5.40. The van der Waals surface area contributed by atoms with Crippen LogP contribution in [0.2, 0.25) is 0 Å². The summed E-state index contributed by atoms with van der Waals surface area (Å²) in [6.07, 6.45) is 0.939. The van der Waals surface area contributed by atoms with E-state index < -0.39 is 0 Å². The van der Waals surface area contributed by atoms with E-state index >= 15 is 0 Å². The lowest BCUT2D eigenvalue weighted by molar-refractivity contribution is 0.0642. The number of halogens is 1. The number of para-hydroxylation sites is 2. The Bertz CT molecular complexity index is 587. The van der Waals surface area contributed by atoms with Crippen LogP contribution in [0.5, 0.6) is 11.5 Å². The van der Waals surface area contributed by atoms with Crippen molar-refractivity contribution < 1.29 is 9.47 Å². The zero-order valence-electron chi connectivity index (χ0n) is 11.1. The van der Waals surface area contributed by atoms with Crippen molar-refractivity contribution in [2.24, 2.45) is 0 Å². The highest BCUT2D eigenvalue weighted by atomic mass is 79.9. The van der Waals surface area contributed by atoms with Crippen LogP contribution in [0, 0.1) is 0 Å². The third-order valence-electron chi connectivity index (χ3n) is 3.45. The molecule has 3 nitrogen and oxygen atoms in total. The molecule has 0 spiro atoms. The molecule has 2 atom stereocenters. The predicted molar refractivity (Wildman–Crippen MR) is 84.9 cm³/mol. The van der Waals surface area contributed by atoms with Crippen molar-refractivity contribution in [3.63, 3.8) is 0 Å². The molecule has 0 saturated carbocycles. The topological polar surface area (TPSA) is 30.5 Å². The van der Waals surface area contributed by atoms with E-state index in [1.165, 1.54) is 9.35 Å². The Morgan fingerprint density at radius 3 is 2.85 bits per heavy atom. The summed E-state index contributed by atoms with van der Waals surface area (Å²) in [7, 11) is 1.97. The summed E-state index contributed by atoms with van der Waals surface area (Å²) in [6.45, 7) is 0.575. The lowest BCUT2D eigenvalue weighted by Crippen LogP contribution is -2.47. The number of hydrogen-bond donors (Lipinski definition) is 1. The Hall–Kier alpha value is -1.04. The van der Waals surface area contributed by atoms with Crippen LogP contribution in [0.1, 0.15) is 4.88 Å². The molecule has 2 heterocycles. The van der Waals surface area contributed by atoms with E-state index in [0.29, 0.717) is 6.61 Å². The van der Waals surface area contributed by atoms with E-state index in [4.69, 9.17) is 9.47 Å². The first-order chi connectivity index (χ1) is 9.78. The highest BCUT2D eigenvalue weighted by Crippen LogP contribution is 2.32. The SMILES string of the molecule is CNC(Cc1sccc1Br)C1COc2ccccc2O1. The minimum Gasteiger partial charge on any atom is -0.486 e. The van der Waals surface area contributed by atoms with E-state index in [0.717, 1.165) is 17.9 Å². The molecule has 20 heavy (non-hydrogen) atoms. The molecule has 0 aliphatic carbocycles. The van der Waals surface area contributed by atoms with Crippen LogP contribution in [0.25, 0.3) is 0 Å². The normalized spacial score (nSPS) is 18.8. The molecule has 1 N–H and O–H groups in total. The Labute approximate surface area is 131 Å². The molecule has 1 aromatic heterocycles. The van der Waals surface area contributed by atoms with Crippen molar-refractivity contribution in [2.75, 3.05) is 13.7 Å². The van der Waals surface area contributed by atoms with Crippen molar-refractivity contribution >= 4 is 27.3 Å². The highest BCUT2D eigenvalue weighted by Gasteiger charge is 2.28. The Morgan fingerprint density at radius 2 is 2.15 bits per heavy atom. The predicted octanol–water partition coefficient (Wildman–Crippen LogP) is 3.48. The van der Waals surface area contributed by atoms with E-state index in [9.17, 15) is 0 Å². The van der Waals surface area contributed by atoms with Gasteiger partial charge >= 0.3 is 0 Å². The molecule has 0 bridgehead atoms. The van der Waals surface area contributed by atoms with Gasteiger partial charge in [0.1, 0.15) is 12.7 Å². The minimum absolute atomic E-state index is 0.0175. The average molecular weight is 354 g/mol. The zero-order chi connectivity index (χ0) is 13.9. The molecule has 106 valence electrons. The van der Waals surface area contributed by atoms with Crippen LogP contribution in [0.4, 0.5) is 0 Å². The number of hydrogen-bond acceptors (Lipinski definition) is 4. The molecule has 1 aromatic carbocycles. The standard InChI is InChI=1S/C15H16BrNO2S/c1-17-11(8-15-10(16)6-7-20-15)14-9-18-12-4-2-3-5-13(12)19-14/h2-7,11,14,17H,8-9H2,1H3. The molecule has 0 amide bonds. The van der Waals surface area contributed by atoms with Crippen molar-refractivity contribution in [1.29, 1.82) is 0 Å². The van der Waals surface area contributed by atoms with Gasteiger partial charge in [-0.25, -0.2) is 0 Å². The number of fused-ring (bicyclic) bond motifs is 1. The second kappa shape index (κ2) is 6.16. The molecule has 0 fully saturated rings. The van der Waals surface area contributed by atoms with Gasteiger partial charge in [0.25, 0.3) is 0 Å². The maximum atomic E-state index is 6.08. The Morgan fingerprint density at radius 1 is 1.35 bits per heavy atom. The molecule has 1 aliphatic heterocycles. The zero-order valence-corrected chi connectivity index (χ0v) is 13.5. The lowest BCUT2D eigenvalue weighted by Gasteiger charge is -2.32. The smallest absolute Gasteiger partial charge is 0.161 e. The average Bonchev–Trinajstić information content (AvgIpc) is 2.89. The molecule has 3 rings (SSSR count). The van der Waals surface area contributed by atoms with Gasteiger partial charge in [0.05, 0.1) is 6.04 Å². The molecular weight excluding hydrogens is 338 g/mol. The van der Waals surface area contributed by atoms with Gasteiger partial charge in [-0.15, -0.1) is 11.3 Å². The summed E-state index contributed by atoms with van der Waals surface area (Å²) in [5.41, 5.74) is 0. The van der Waals surface area contributed by atoms with Gasteiger partial charge in [0, 0.05) is 15.8 Å². The summed E-state index contributed by atoms with van der Waals surface area (Å²) in [5.74, 6) is 1.66. The lowest BCUT2D eigenvalue weighted by atomic mass is 10.1. The van der Waals surface area contributed by atoms with Crippen molar-refractivity contribution in [1.82, 2.24) is 5.32 Å². The number of benzene rings is 1.